The Hall–Kier alpha value is -1.37. The smallest absolute Gasteiger partial charge is 0.330 e. The number of esters is 1. The molecule has 0 heterocycles. The van der Waals surface area contributed by atoms with E-state index in [4.69, 9.17) is 25.8 Å². The molecule has 0 aromatic heterocycles. The van der Waals surface area contributed by atoms with Crippen molar-refractivity contribution in [3.63, 3.8) is 0 Å². The summed E-state index contributed by atoms with van der Waals surface area (Å²) in [5, 5.41) is -0.0505. The van der Waals surface area contributed by atoms with Crippen molar-refractivity contribution < 1.29 is 23.4 Å². The average molecular weight is 375 g/mol. The van der Waals surface area contributed by atoms with Gasteiger partial charge in [0.1, 0.15) is 5.75 Å². The van der Waals surface area contributed by atoms with E-state index in [1.54, 1.807) is 6.92 Å². The fourth-order valence-corrected chi connectivity index (χ4v) is 2.64. The molecule has 0 N–H and O–H groups in total. The lowest BCUT2D eigenvalue weighted by Crippen LogP contribution is -2.22. The van der Waals surface area contributed by atoms with Gasteiger partial charge in [-0.15, -0.1) is 0 Å². The molecule has 0 aliphatic carbocycles. The molecule has 7 heteroatoms. The quantitative estimate of drug-likeness (QED) is 0.206. The highest BCUT2D eigenvalue weighted by molar-refractivity contribution is 6.76. The van der Waals surface area contributed by atoms with Crippen LogP contribution >= 0.6 is 11.6 Å². The zero-order valence-electron chi connectivity index (χ0n) is 14.5. The monoisotopic (exact) mass is 374 g/mol. The normalized spacial score (nSPS) is 11.8. The molecule has 0 saturated heterocycles. The first-order chi connectivity index (χ1) is 11.2. The van der Waals surface area contributed by atoms with Gasteiger partial charge in [-0.1, -0.05) is 31.2 Å². The SMILES string of the molecule is CCOC(=O)/C=C/c1c(OCOCC[Si](C)(C)C)ccc(Cl)c1F. The van der Waals surface area contributed by atoms with Crippen LogP contribution in [0.25, 0.3) is 6.08 Å². The molecule has 0 aliphatic heterocycles. The first-order valence-corrected chi connectivity index (χ1v) is 11.9. The maximum atomic E-state index is 14.2. The summed E-state index contributed by atoms with van der Waals surface area (Å²) in [4.78, 5) is 11.4. The molecule has 4 nitrogen and oxygen atoms in total. The van der Waals surface area contributed by atoms with Crippen LogP contribution in [0.5, 0.6) is 5.75 Å². The molecule has 1 aromatic carbocycles. The molecule has 0 aliphatic rings. The van der Waals surface area contributed by atoms with E-state index in [0.29, 0.717) is 6.61 Å². The van der Waals surface area contributed by atoms with Gasteiger partial charge in [-0.25, -0.2) is 9.18 Å². The van der Waals surface area contributed by atoms with Crippen LogP contribution in [0.2, 0.25) is 30.7 Å². The summed E-state index contributed by atoms with van der Waals surface area (Å²) in [6, 6.07) is 3.95. The number of ether oxygens (including phenoxy) is 3. The second-order valence-corrected chi connectivity index (χ2v) is 12.4. The van der Waals surface area contributed by atoms with E-state index in [2.05, 4.69) is 19.6 Å². The van der Waals surface area contributed by atoms with Gasteiger partial charge >= 0.3 is 5.97 Å². The number of halogens is 2. The van der Waals surface area contributed by atoms with Crippen LogP contribution in [0.4, 0.5) is 4.39 Å². The van der Waals surface area contributed by atoms with Crippen molar-refractivity contribution in [2.24, 2.45) is 0 Å². The van der Waals surface area contributed by atoms with E-state index in [1.807, 2.05) is 0 Å². The summed E-state index contributed by atoms with van der Waals surface area (Å²) in [6.07, 6.45) is 2.42. The van der Waals surface area contributed by atoms with E-state index >= 15 is 0 Å². The van der Waals surface area contributed by atoms with Crippen LogP contribution in [0.15, 0.2) is 18.2 Å². The highest BCUT2D eigenvalue weighted by Crippen LogP contribution is 2.28. The van der Waals surface area contributed by atoms with E-state index in [0.717, 1.165) is 12.1 Å². The van der Waals surface area contributed by atoms with Crippen LogP contribution < -0.4 is 4.74 Å². The van der Waals surface area contributed by atoms with E-state index < -0.39 is 19.9 Å². The largest absolute Gasteiger partial charge is 0.467 e. The first kappa shape index (κ1) is 20.7. The number of hydrogen-bond donors (Lipinski definition) is 0. The molecule has 24 heavy (non-hydrogen) atoms. The lowest BCUT2D eigenvalue weighted by atomic mass is 10.1. The van der Waals surface area contributed by atoms with Crippen molar-refractivity contribution in [1.29, 1.82) is 0 Å². The lowest BCUT2D eigenvalue weighted by molar-refractivity contribution is -0.137. The Labute approximate surface area is 148 Å². The summed E-state index contributed by atoms with van der Waals surface area (Å²) < 4.78 is 29.9. The summed E-state index contributed by atoms with van der Waals surface area (Å²) in [7, 11) is -1.17. The Morgan fingerprint density at radius 1 is 1.33 bits per heavy atom. The lowest BCUT2D eigenvalue weighted by Gasteiger charge is -2.16. The van der Waals surface area contributed by atoms with Crippen molar-refractivity contribution in [1.82, 2.24) is 0 Å². The Kier molecular flexibility index (Phi) is 8.45. The third-order valence-corrected chi connectivity index (χ3v) is 5.06. The minimum Gasteiger partial charge on any atom is -0.467 e. The van der Waals surface area contributed by atoms with Gasteiger partial charge in [0.2, 0.25) is 0 Å². The highest BCUT2D eigenvalue weighted by atomic mass is 35.5. The molecule has 134 valence electrons. The van der Waals surface area contributed by atoms with Crippen molar-refractivity contribution in [3.8, 4) is 5.75 Å². The number of hydrogen-bond acceptors (Lipinski definition) is 4. The zero-order valence-corrected chi connectivity index (χ0v) is 16.3. The van der Waals surface area contributed by atoms with Gasteiger partial charge in [-0.3, -0.25) is 0 Å². The molecule has 0 unspecified atom stereocenters. The summed E-state index contributed by atoms with van der Waals surface area (Å²) in [5.74, 6) is -0.962. The standard InChI is InChI=1S/C17H24ClFO4Si/c1-5-22-16(20)9-6-13-15(8-7-14(18)17(13)19)23-12-21-10-11-24(2,3)4/h6-9H,5,10-12H2,1-4H3/b9-6+. The van der Waals surface area contributed by atoms with Gasteiger partial charge in [0.15, 0.2) is 12.6 Å². The van der Waals surface area contributed by atoms with Crippen molar-refractivity contribution in [3.05, 3.63) is 34.6 Å². The van der Waals surface area contributed by atoms with Gasteiger partial charge in [-0.2, -0.15) is 0 Å². The molecule has 0 fully saturated rings. The first-order valence-electron chi connectivity index (χ1n) is 7.78. The molecule has 0 radical (unpaired) electrons. The zero-order chi connectivity index (χ0) is 18.2. The fourth-order valence-electron chi connectivity index (χ4n) is 1.71. The number of benzene rings is 1. The average Bonchev–Trinajstić information content (AvgIpc) is 2.49. The van der Waals surface area contributed by atoms with E-state index in [9.17, 15) is 9.18 Å². The summed E-state index contributed by atoms with van der Waals surface area (Å²) >= 11 is 5.79. The molecule has 1 aromatic rings. The van der Waals surface area contributed by atoms with Crippen LogP contribution in [0, 0.1) is 5.82 Å². The van der Waals surface area contributed by atoms with Crippen LogP contribution in [-0.4, -0.2) is 34.0 Å². The third-order valence-electron chi connectivity index (χ3n) is 3.06. The van der Waals surface area contributed by atoms with Gasteiger partial charge < -0.3 is 14.2 Å². The third kappa shape index (κ3) is 7.46. The molecular weight excluding hydrogens is 351 g/mol. The molecule has 0 atom stereocenters. The molecule has 0 saturated carbocycles. The second-order valence-electron chi connectivity index (χ2n) is 6.34. The predicted molar refractivity (Wildman–Crippen MR) is 96.7 cm³/mol. The van der Waals surface area contributed by atoms with E-state index in [1.165, 1.54) is 18.2 Å². The topological polar surface area (TPSA) is 44.8 Å². The number of carbonyl (C=O) groups is 1. The Morgan fingerprint density at radius 2 is 2.04 bits per heavy atom. The van der Waals surface area contributed by atoms with Gasteiger partial charge in [0, 0.05) is 20.8 Å². The van der Waals surface area contributed by atoms with Crippen molar-refractivity contribution in [2.75, 3.05) is 20.0 Å². The predicted octanol–water partition coefficient (Wildman–Crippen LogP) is 4.75. The van der Waals surface area contributed by atoms with Gasteiger partial charge in [0.25, 0.3) is 0 Å². The maximum absolute atomic E-state index is 14.2. The Morgan fingerprint density at radius 3 is 2.67 bits per heavy atom. The Balaban J connectivity index is 2.73. The number of rotatable bonds is 9. The summed E-state index contributed by atoms with van der Waals surface area (Å²) in [5.41, 5.74) is 0.0874. The van der Waals surface area contributed by atoms with Gasteiger partial charge in [-0.05, 0) is 31.2 Å². The van der Waals surface area contributed by atoms with Crippen molar-refractivity contribution in [2.45, 2.75) is 32.6 Å². The minimum absolute atomic E-state index is 0.00575. The fraction of sp³-hybridized carbons (Fsp3) is 0.471. The highest BCUT2D eigenvalue weighted by Gasteiger charge is 2.14. The van der Waals surface area contributed by atoms with Crippen molar-refractivity contribution >= 4 is 31.7 Å². The van der Waals surface area contributed by atoms with Crippen LogP contribution in [-0.2, 0) is 14.3 Å². The van der Waals surface area contributed by atoms with Crippen LogP contribution in [0.3, 0.4) is 0 Å². The van der Waals surface area contributed by atoms with Gasteiger partial charge in [0.05, 0.1) is 17.2 Å². The molecule has 0 amide bonds. The second kappa shape index (κ2) is 9.81. The molecule has 0 bridgehead atoms. The molecular formula is C17H24ClFO4Si. The summed E-state index contributed by atoms with van der Waals surface area (Å²) in [6.45, 7) is 9.30. The Bertz CT molecular complexity index is 585. The van der Waals surface area contributed by atoms with E-state index in [-0.39, 0.29) is 29.7 Å². The molecule has 0 spiro atoms. The van der Waals surface area contributed by atoms with Crippen LogP contribution in [0.1, 0.15) is 12.5 Å². The molecule has 1 rings (SSSR count). The maximum Gasteiger partial charge on any atom is 0.330 e. The number of carbonyl (C=O) groups excluding carboxylic acids is 1. The minimum atomic E-state index is -1.17.